The van der Waals surface area contributed by atoms with Crippen molar-refractivity contribution in [2.24, 2.45) is 0 Å². The largest absolute Gasteiger partial charge is 0.366 e. The first-order chi connectivity index (χ1) is 15.5. The molecular formula is C25H31FN4O2. The van der Waals surface area contributed by atoms with E-state index in [4.69, 9.17) is 0 Å². The van der Waals surface area contributed by atoms with Crippen molar-refractivity contribution in [3.8, 4) is 0 Å². The Morgan fingerprint density at radius 1 is 0.969 bits per heavy atom. The van der Waals surface area contributed by atoms with Gasteiger partial charge in [0, 0.05) is 57.4 Å². The summed E-state index contributed by atoms with van der Waals surface area (Å²) >= 11 is 0. The highest BCUT2D eigenvalue weighted by molar-refractivity contribution is 5.94. The summed E-state index contributed by atoms with van der Waals surface area (Å²) in [6, 6.07) is 15.2. The van der Waals surface area contributed by atoms with Gasteiger partial charge in [-0.3, -0.25) is 9.69 Å². The van der Waals surface area contributed by atoms with E-state index in [1.165, 1.54) is 18.6 Å². The average Bonchev–Trinajstić information content (AvgIpc) is 2.81. The van der Waals surface area contributed by atoms with Gasteiger partial charge in [-0.05, 0) is 43.5 Å². The number of benzene rings is 2. The van der Waals surface area contributed by atoms with Crippen LogP contribution in [-0.2, 0) is 6.54 Å². The molecule has 2 aliphatic rings. The number of halogens is 1. The molecule has 32 heavy (non-hydrogen) atoms. The van der Waals surface area contributed by atoms with E-state index in [-0.39, 0.29) is 17.9 Å². The standard InChI is InChI=1S/C25H31FN4O2/c1-19(31)21-7-8-24(23(26)17-21)29-13-15-30(16-14-29)25(32)27-22-9-11-28(12-10-22)18-20-5-3-2-4-6-20/h2-8,17,22H,9-16,18H2,1H3,(H,27,32). The van der Waals surface area contributed by atoms with Crippen LogP contribution >= 0.6 is 0 Å². The number of carbonyl (C=O) groups excluding carboxylic acids is 2. The van der Waals surface area contributed by atoms with Crippen LogP contribution in [0.1, 0.15) is 35.7 Å². The number of nitrogens with one attached hydrogen (secondary N) is 1. The smallest absolute Gasteiger partial charge is 0.317 e. The summed E-state index contributed by atoms with van der Waals surface area (Å²) in [7, 11) is 0. The number of piperazine rings is 1. The Morgan fingerprint density at radius 2 is 1.66 bits per heavy atom. The van der Waals surface area contributed by atoms with Gasteiger partial charge in [0.15, 0.2) is 5.78 Å². The molecular weight excluding hydrogens is 407 g/mol. The number of rotatable bonds is 5. The summed E-state index contributed by atoms with van der Waals surface area (Å²) in [5.74, 6) is -0.541. The molecule has 2 saturated heterocycles. The van der Waals surface area contributed by atoms with Gasteiger partial charge in [0.1, 0.15) is 5.82 Å². The van der Waals surface area contributed by atoms with Crippen molar-refractivity contribution in [1.82, 2.24) is 15.1 Å². The van der Waals surface area contributed by atoms with Gasteiger partial charge in [0.2, 0.25) is 0 Å². The number of urea groups is 1. The molecule has 0 atom stereocenters. The van der Waals surface area contributed by atoms with Crippen LogP contribution < -0.4 is 10.2 Å². The number of carbonyl (C=O) groups is 2. The molecule has 0 saturated carbocycles. The molecule has 2 aliphatic heterocycles. The second-order valence-corrected chi connectivity index (χ2v) is 8.68. The first kappa shape index (κ1) is 22.3. The van der Waals surface area contributed by atoms with Gasteiger partial charge in [-0.1, -0.05) is 30.3 Å². The fourth-order valence-electron chi connectivity index (χ4n) is 4.48. The molecule has 2 aromatic carbocycles. The highest BCUT2D eigenvalue weighted by atomic mass is 19.1. The minimum Gasteiger partial charge on any atom is -0.366 e. The van der Waals surface area contributed by atoms with Crippen LogP contribution in [0.4, 0.5) is 14.9 Å². The number of Topliss-reactive ketones (excluding diaryl/α,β-unsaturated/α-hetero) is 1. The van der Waals surface area contributed by atoms with E-state index in [9.17, 15) is 14.0 Å². The Bertz CT molecular complexity index is 936. The van der Waals surface area contributed by atoms with Crippen LogP contribution in [0.2, 0.25) is 0 Å². The lowest BCUT2D eigenvalue weighted by molar-refractivity contribution is 0.101. The van der Waals surface area contributed by atoms with Crippen molar-refractivity contribution >= 4 is 17.5 Å². The lowest BCUT2D eigenvalue weighted by atomic mass is 10.0. The Hall–Kier alpha value is -2.93. The van der Waals surface area contributed by atoms with E-state index in [1.54, 1.807) is 12.1 Å². The lowest BCUT2D eigenvalue weighted by Crippen LogP contribution is -2.55. The average molecular weight is 439 g/mol. The topological polar surface area (TPSA) is 55.9 Å². The summed E-state index contributed by atoms with van der Waals surface area (Å²) in [5.41, 5.74) is 2.18. The van der Waals surface area contributed by atoms with Crippen LogP contribution in [0, 0.1) is 5.82 Å². The third kappa shape index (κ3) is 5.46. The number of amides is 2. The van der Waals surface area contributed by atoms with Crippen LogP contribution in [0.15, 0.2) is 48.5 Å². The van der Waals surface area contributed by atoms with E-state index in [2.05, 4.69) is 34.5 Å². The third-order valence-electron chi connectivity index (χ3n) is 6.43. The Balaban J connectivity index is 1.22. The third-order valence-corrected chi connectivity index (χ3v) is 6.43. The maximum Gasteiger partial charge on any atom is 0.317 e. The molecule has 2 fully saturated rings. The number of hydrogen-bond donors (Lipinski definition) is 1. The quantitative estimate of drug-likeness (QED) is 0.726. The number of ketones is 1. The molecule has 2 amide bonds. The second-order valence-electron chi connectivity index (χ2n) is 8.68. The fourth-order valence-corrected chi connectivity index (χ4v) is 4.48. The zero-order chi connectivity index (χ0) is 22.5. The molecule has 0 unspecified atom stereocenters. The summed E-state index contributed by atoms with van der Waals surface area (Å²) in [6.07, 6.45) is 1.90. The summed E-state index contributed by atoms with van der Waals surface area (Å²) in [6.45, 7) is 6.57. The summed E-state index contributed by atoms with van der Waals surface area (Å²) in [5, 5.41) is 3.19. The van der Waals surface area contributed by atoms with Crippen molar-refractivity contribution < 1.29 is 14.0 Å². The van der Waals surface area contributed by atoms with E-state index >= 15 is 0 Å². The second kappa shape index (κ2) is 10.1. The molecule has 2 heterocycles. The molecule has 6 nitrogen and oxygen atoms in total. The zero-order valence-corrected chi connectivity index (χ0v) is 18.6. The van der Waals surface area contributed by atoms with Gasteiger partial charge in [-0.2, -0.15) is 0 Å². The predicted molar refractivity (Wildman–Crippen MR) is 123 cm³/mol. The van der Waals surface area contributed by atoms with Crippen molar-refractivity contribution in [2.45, 2.75) is 32.4 Å². The number of hydrogen-bond acceptors (Lipinski definition) is 4. The van der Waals surface area contributed by atoms with Crippen molar-refractivity contribution in [3.05, 3.63) is 65.5 Å². The van der Waals surface area contributed by atoms with Crippen molar-refractivity contribution in [2.75, 3.05) is 44.2 Å². The summed E-state index contributed by atoms with van der Waals surface area (Å²) in [4.78, 5) is 30.4. The maximum absolute atomic E-state index is 14.4. The molecule has 170 valence electrons. The fraction of sp³-hybridized carbons (Fsp3) is 0.440. The highest BCUT2D eigenvalue weighted by Gasteiger charge is 2.26. The van der Waals surface area contributed by atoms with E-state index in [0.29, 0.717) is 37.4 Å². The molecule has 7 heteroatoms. The lowest BCUT2D eigenvalue weighted by Gasteiger charge is -2.38. The van der Waals surface area contributed by atoms with Crippen molar-refractivity contribution in [3.63, 3.8) is 0 Å². The number of nitrogens with zero attached hydrogens (tertiary/aromatic N) is 3. The summed E-state index contributed by atoms with van der Waals surface area (Å²) < 4.78 is 14.4. The van der Waals surface area contributed by atoms with Gasteiger partial charge in [0.05, 0.1) is 5.69 Å². The highest BCUT2D eigenvalue weighted by Crippen LogP contribution is 2.22. The van der Waals surface area contributed by atoms with E-state index in [0.717, 1.165) is 32.5 Å². The first-order valence-electron chi connectivity index (χ1n) is 11.4. The molecule has 1 N–H and O–H groups in total. The van der Waals surface area contributed by atoms with Gasteiger partial charge >= 0.3 is 6.03 Å². The van der Waals surface area contributed by atoms with Crippen LogP contribution in [0.5, 0.6) is 0 Å². The minimum atomic E-state index is -0.391. The number of anilines is 1. The minimum absolute atomic E-state index is 0.0291. The molecule has 4 rings (SSSR count). The van der Waals surface area contributed by atoms with Crippen LogP contribution in [0.3, 0.4) is 0 Å². The molecule has 0 aliphatic carbocycles. The maximum atomic E-state index is 14.4. The SMILES string of the molecule is CC(=O)c1ccc(N2CCN(C(=O)NC3CCN(Cc4ccccc4)CC3)CC2)c(F)c1. The van der Waals surface area contributed by atoms with Gasteiger partial charge in [0.25, 0.3) is 0 Å². The molecule has 0 radical (unpaired) electrons. The predicted octanol–water partition coefficient (Wildman–Crippen LogP) is 3.52. The number of piperidine rings is 1. The Kier molecular flexibility index (Phi) is 7.05. The van der Waals surface area contributed by atoms with Gasteiger partial charge in [-0.15, -0.1) is 0 Å². The molecule has 0 aromatic heterocycles. The zero-order valence-electron chi connectivity index (χ0n) is 18.6. The van der Waals surface area contributed by atoms with Crippen LogP contribution in [0.25, 0.3) is 0 Å². The molecule has 0 spiro atoms. The van der Waals surface area contributed by atoms with E-state index < -0.39 is 5.82 Å². The Labute approximate surface area is 189 Å². The molecule has 2 aromatic rings. The Morgan fingerprint density at radius 3 is 2.28 bits per heavy atom. The normalized spacial score (nSPS) is 17.9. The van der Waals surface area contributed by atoms with Crippen molar-refractivity contribution in [1.29, 1.82) is 0 Å². The number of likely N-dealkylation sites (tertiary alicyclic amines) is 1. The van der Waals surface area contributed by atoms with E-state index in [1.807, 2.05) is 15.9 Å². The molecule has 0 bridgehead atoms. The monoisotopic (exact) mass is 438 g/mol. The van der Waals surface area contributed by atoms with Crippen LogP contribution in [-0.4, -0.2) is 66.9 Å². The van der Waals surface area contributed by atoms with Gasteiger partial charge < -0.3 is 15.1 Å². The van der Waals surface area contributed by atoms with Gasteiger partial charge in [-0.25, -0.2) is 9.18 Å². The first-order valence-corrected chi connectivity index (χ1v) is 11.4.